The molecule has 9 rings (SSSR count). The molecule has 0 radical (unpaired) electrons. The molecule has 5 aromatic carbocycles. The fourth-order valence-electron chi connectivity index (χ4n) is 12.6. The van der Waals surface area contributed by atoms with Gasteiger partial charge in [0.15, 0.2) is 29.7 Å². The number of Topliss-reactive ketones (excluding diaryl/α,β-unsaturated/α-hetero) is 1. The molecule has 1 saturated heterocycles. The van der Waals surface area contributed by atoms with Crippen molar-refractivity contribution in [2.24, 2.45) is 16.7 Å². The summed E-state index contributed by atoms with van der Waals surface area (Å²) in [5.41, 5.74) is -9.35. The first kappa shape index (κ1) is 60.1. The molecule has 3 unspecified atom stereocenters. The van der Waals surface area contributed by atoms with Gasteiger partial charge in [-0.05, 0) is 72.5 Å². The molecule has 3 fully saturated rings. The van der Waals surface area contributed by atoms with Gasteiger partial charge in [0.05, 0.1) is 41.2 Å². The number of esters is 5. The van der Waals surface area contributed by atoms with Crippen LogP contribution in [0.2, 0.25) is 0 Å². The Morgan fingerprint density at radius 1 is 0.667 bits per heavy atom. The van der Waals surface area contributed by atoms with Crippen LogP contribution in [0.25, 0.3) is 0 Å². The number of benzene rings is 5. The quantitative estimate of drug-likeness (QED) is 0.0424. The summed E-state index contributed by atoms with van der Waals surface area (Å²) >= 11 is 0. The zero-order valence-electron chi connectivity index (χ0n) is 46.5. The van der Waals surface area contributed by atoms with Gasteiger partial charge < -0.3 is 54.4 Å². The van der Waals surface area contributed by atoms with Gasteiger partial charge in [0, 0.05) is 43.7 Å². The Morgan fingerprint density at radius 2 is 1.19 bits per heavy atom. The number of hydrogen-bond donors (Lipinski definition) is 5. The molecule has 2 amide bonds. The first-order valence-corrected chi connectivity index (χ1v) is 27.0. The molecule has 21 heteroatoms. The maximum atomic E-state index is 16.5. The average molecular weight is 1160 g/mol. The standard InChI is InChI=1S/C63H62F2N2O17/c1-33-43(81-58(76)49(70)47(36-19-11-7-12-20-36)66-55(73)38-23-15-9-16-24-38)31-63(78)54(83-57(75)39-25-17-10-18-26-39)52-61(6,53(72)51(80-34(2)68)46(33)60(63,4)5)44(30-45-62(52,32-79-45)84-35(3)69)82-59(77)50(71)48(37-21-13-8-14-22-37)67-56(74)41-28-27-40(64)29-42(41)65/h7-29,43-45,47-52,54,70-71,78H,30-32H2,1-6H3,(H,66,73)(H,67,74)/t43-,44-,45+,47-,48?,49+,50?,51+,52?,54-,61+,62-,63+/m0/s1. The first-order valence-electron chi connectivity index (χ1n) is 27.0. The van der Waals surface area contributed by atoms with Gasteiger partial charge in [0.1, 0.15) is 41.7 Å². The van der Waals surface area contributed by atoms with Crippen LogP contribution in [0.5, 0.6) is 0 Å². The number of ether oxygens (including phenoxy) is 6. The van der Waals surface area contributed by atoms with Gasteiger partial charge in [0.2, 0.25) is 0 Å². The fraction of sp³-hybridized carbons (Fsp3) is 0.365. The molecule has 0 aromatic heterocycles. The van der Waals surface area contributed by atoms with Crippen molar-refractivity contribution in [1.82, 2.24) is 10.6 Å². The van der Waals surface area contributed by atoms with Crippen LogP contribution in [-0.4, -0.2) is 123 Å². The van der Waals surface area contributed by atoms with Crippen molar-refractivity contribution in [2.75, 3.05) is 6.61 Å². The maximum absolute atomic E-state index is 16.5. The fourth-order valence-corrected chi connectivity index (χ4v) is 12.6. The summed E-state index contributed by atoms with van der Waals surface area (Å²) in [6, 6.07) is 30.0. The van der Waals surface area contributed by atoms with E-state index in [1.54, 1.807) is 60.7 Å². The van der Waals surface area contributed by atoms with Crippen LogP contribution in [0.1, 0.15) is 109 Å². The number of hydrogen-bond acceptors (Lipinski definition) is 17. The van der Waals surface area contributed by atoms with Gasteiger partial charge in [-0.3, -0.25) is 24.0 Å². The Labute approximate surface area is 481 Å². The van der Waals surface area contributed by atoms with Crippen molar-refractivity contribution < 1.29 is 90.9 Å². The molecule has 5 aromatic rings. The summed E-state index contributed by atoms with van der Waals surface area (Å²) in [5, 5.41) is 43.5. The number of amides is 2. The molecule has 3 aliphatic carbocycles. The minimum absolute atomic E-state index is 0.0166. The van der Waals surface area contributed by atoms with Crippen molar-refractivity contribution in [1.29, 1.82) is 0 Å². The number of ketones is 1. The van der Waals surface area contributed by atoms with Gasteiger partial charge >= 0.3 is 29.8 Å². The van der Waals surface area contributed by atoms with E-state index in [-0.39, 0.29) is 33.4 Å². The number of rotatable bonds is 16. The number of nitrogens with one attached hydrogen (secondary N) is 2. The number of halogens is 2. The lowest BCUT2D eigenvalue weighted by Crippen LogP contribution is -2.82. The van der Waals surface area contributed by atoms with Crippen molar-refractivity contribution in [3.05, 3.63) is 190 Å². The second-order valence-electron chi connectivity index (χ2n) is 22.2. The van der Waals surface area contributed by atoms with Crippen LogP contribution < -0.4 is 10.6 Å². The van der Waals surface area contributed by atoms with E-state index in [4.69, 9.17) is 28.4 Å². The molecule has 13 atom stereocenters. The summed E-state index contributed by atoms with van der Waals surface area (Å²) < 4.78 is 66.3. The molecular formula is C63H62F2N2O17. The summed E-state index contributed by atoms with van der Waals surface area (Å²) in [4.78, 5) is 115. The van der Waals surface area contributed by atoms with E-state index in [0.717, 1.165) is 26.0 Å². The number of aliphatic hydroxyl groups excluding tert-OH is 2. The minimum atomic E-state index is -2.65. The van der Waals surface area contributed by atoms with Crippen LogP contribution in [0.3, 0.4) is 0 Å². The predicted molar refractivity (Wildman–Crippen MR) is 291 cm³/mol. The zero-order chi connectivity index (χ0) is 60.6. The highest BCUT2D eigenvalue weighted by atomic mass is 19.1. The van der Waals surface area contributed by atoms with Crippen molar-refractivity contribution in [3.63, 3.8) is 0 Å². The summed E-state index contributed by atoms with van der Waals surface area (Å²) in [6.07, 6.45) is -14.9. The topological polar surface area (TPSA) is 277 Å². The van der Waals surface area contributed by atoms with Crippen LogP contribution in [0, 0.1) is 28.4 Å². The van der Waals surface area contributed by atoms with Crippen LogP contribution in [0.15, 0.2) is 151 Å². The van der Waals surface area contributed by atoms with E-state index >= 15 is 9.18 Å². The zero-order valence-corrected chi connectivity index (χ0v) is 46.5. The normalized spacial score (nSPS) is 27.2. The highest BCUT2D eigenvalue weighted by Gasteiger charge is 2.79. The number of carbonyl (C=O) groups excluding carboxylic acids is 8. The monoisotopic (exact) mass is 1160 g/mol. The van der Waals surface area contributed by atoms with E-state index < -0.39 is 167 Å². The van der Waals surface area contributed by atoms with Crippen molar-refractivity contribution in [3.8, 4) is 0 Å². The Bertz CT molecular complexity index is 3400. The molecule has 0 spiro atoms. The lowest BCUT2D eigenvalue weighted by atomic mass is 9.44. The van der Waals surface area contributed by atoms with Crippen LogP contribution in [0.4, 0.5) is 8.78 Å². The Kier molecular flexibility index (Phi) is 16.9. The van der Waals surface area contributed by atoms with E-state index in [1.165, 1.54) is 88.4 Å². The molecular weight excluding hydrogens is 1090 g/mol. The SMILES string of the molecule is CC(=O)O[C@H]1C(=O)[C@@]2(C)C([C@H](OC(=O)c3ccccc3)[C@]3(O)C[C@H](OC(=O)[C@H](O)[C@@H](NC(=O)c4ccccc4)c4ccccc4)C(C)=C1C3(C)C)[C@]1(OC(C)=O)CO[C@@H]1C[C@@H]2OC(=O)C(O)C(NC(=O)c1ccc(F)cc1F)c1ccccc1. The number of carbonyl (C=O) groups is 8. The van der Waals surface area contributed by atoms with E-state index in [2.05, 4.69) is 10.6 Å². The molecule has 1 heterocycles. The molecule has 2 saturated carbocycles. The van der Waals surface area contributed by atoms with Crippen molar-refractivity contribution in [2.45, 2.75) is 120 Å². The van der Waals surface area contributed by atoms with Gasteiger partial charge in [-0.1, -0.05) is 111 Å². The molecule has 84 heavy (non-hydrogen) atoms. The molecule has 440 valence electrons. The molecule has 2 bridgehead atoms. The molecule has 5 N–H and O–H groups in total. The van der Waals surface area contributed by atoms with Gasteiger partial charge in [-0.2, -0.15) is 0 Å². The van der Waals surface area contributed by atoms with Gasteiger partial charge in [-0.15, -0.1) is 0 Å². The summed E-state index contributed by atoms with van der Waals surface area (Å²) in [6.45, 7) is 7.18. The Hall–Kier alpha value is -8.50. The van der Waals surface area contributed by atoms with Crippen molar-refractivity contribution >= 4 is 47.4 Å². The van der Waals surface area contributed by atoms with Crippen LogP contribution >= 0.6 is 0 Å². The predicted octanol–water partition coefficient (Wildman–Crippen LogP) is 6.10. The molecule has 1 aliphatic heterocycles. The van der Waals surface area contributed by atoms with Gasteiger partial charge in [0.25, 0.3) is 11.8 Å². The Balaban J connectivity index is 1.19. The van der Waals surface area contributed by atoms with Gasteiger partial charge in [-0.25, -0.2) is 23.2 Å². The summed E-state index contributed by atoms with van der Waals surface area (Å²) in [5.74, 6) is -13.0. The van der Waals surface area contributed by atoms with E-state index in [0.29, 0.717) is 6.07 Å². The third kappa shape index (κ3) is 11.0. The molecule has 19 nitrogen and oxygen atoms in total. The third-order valence-corrected chi connectivity index (χ3v) is 16.9. The minimum Gasteiger partial charge on any atom is -0.459 e. The van der Waals surface area contributed by atoms with Crippen LogP contribution in [-0.2, 0) is 52.4 Å². The second-order valence-corrected chi connectivity index (χ2v) is 22.2. The maximum Gasteiger partial charge on any atom is 0.338 e. The number of fused-ring (bicyclic) bond motifs is 5. The highest BCUT2D eigenvalue weighted by Crippen LogP contribution is 2.65. The Morgan fingerprint density at radius 3 is 1.70 bits per heavy atom. The smallest absolute Gasteiger partial charge is 0.338 e. The second kappa shape index (κ2) is 23.6. The lowest BCUT2D eigenvalue weighted by molar-refractivity contribution is -0.346. The average Bonchev–Trinajstić information content (AvgIpc) is 0.791. The lowest BCUT2D eigenvalue weighted by Gasteiger charge is -2.67. The highest BCUT2D eigenvalue weighted by molar-refractivity contribution is 5.97. The number of aliphatic hydroxyl groups is 3. The summed E-state index contributed by atoms with van der Waals surface area (Å²) in [7, 11) is 0. The first-order chi connectivity index (χ1) is 39.8. The third-order valence-electron chi connectivity index (χ3n) is 16.9. The van der Waals surface area contributed by atoms with E-state index in [1.807, 2.05) is 0 Å². The molecule has 4 aliphatic rings. The van der Waals surface area contributed by atoms with E-state index in [9.17, 15) is 53.3 Å². The largest absolute Gasteiger partial charge is 0.459 e.